The first-order valence-electron chi connectivity index (χ1n) is 10.0. The van der Waals surface area contributed by atoms with E-state index in [-0.39, 0.29) is 17.1 Å². The van der Waals surface area contributed by atoms with Crippen LogP contribution in [-0.4, -0.2) is 31.0 Å². The Bertz CT molecular complexity index is 1190. The number of hydrogen-bond donors (Lipinski definition) is 0. The number of carbonyl (C=O) groups is 1. The number of anilines is 2. The molecule has 30 heavy (non-hydrogen) atoms. The molecule has 6 heteroatoms. The summed E-state index contributed by atoms with van der Waals surface area (Å²) in [4.78, 5) is 21.6. The van der Waals surface area contributed by atoms with Crippen LogP contribution in [0.2, 0.25) is 0 Å². The molecule has 2 aliphatic rings. The van der Waals surface area contributed by atoms with Gasteiger partial charge in [0.05, 0.1) is 21.9 Å². The number of carbonyl (C=O) groups excluding carboxylic acids is 1. The van der Waals surface area contributed by atoms with Crippen molar-refractivity contribution >= 4 is 44.1 Å². The van der Waals surface area contributed by atoms with E-state index >= 15 is 0 Å². The summed E-state index contributed by atoms with van der Waals surface area (Å²) in [5.41, 5.74) is 4.23. The molecule has 1 fully saturated rings. The van der Waals surface area contributed by atoms with E-state index in [1.165, 1.54) is 11.6 Å². The molecule has 0 atom stereocenters. The van der Waals surface area contributed by atoms with Crippen LogP contribution in [0.3, 0.4) is 0 Å². The highest BCUT2D eigenvalue weighted by Gasteiger charge is 2.58. The van der Waals surface area contributed by atoms with Crippen LogP contribution in [0.4, 0.5) is 15.8 Å². The molecule has 2 aromatic carbocycles. The van der Waals surface area contributed by atoms with Gasteiger partial charge in [0.1, 0.15) is 11.2 Å². The Morgan fingerprint density at radius 3 is 2.43 bits per heavy atom. The highest BCUT2D eigenvalue weighted by Crippen LogP contribution is 2.50. The van der Waals surface area contributed by atoms with Crippen molar-refractivity contribution in [2.45, 2.75) is 31.6 Å². The Morgan fingerprint density at radius 2 is 1.80 bits per heavy atom. The molecule has 2 aliphatic heterocycles. The van der Waals surface area contributed by atoms with Crippen molar-refractivity contribution < 1.29 is 9.18 Å². The third-order valence-electron chi connectivity index (χ3n) is 6.46. The number of amides is 1. The van der Waals surface area contributed by atoms with Crippen LogP contribution >= 0.6 is 15.9 Å². The highest BCUT2D eigenvalue weighted by molar-refractivity contribution is 9.10. The number of halogens is 2. The molecule has 154 valence electrons. The monoisotopic (exact) mass is 467 g/mol. The quantitative estimate of drug-likeness (QED) is 0.495. The Balaban J connectivity index is 1.55. The zero-order chi connectivity index (χ0) is 21.4. The van der Waals surface area contributed by atoms with E-state index in [0.717, 1.165) is 22.3 Å². The van der Waals surface area contributed by atoms with Crippen LogP contribution in [-0.2, 0) is 15.6 Å². The molecule has 3 aromatic rings. The molecule has 3 heterocycles. The van der Waals surface area contributed by atoms with Crippen molar-refractivity contribution in [1.29, 1.82) is 0 Å². The van der Waals surface area contributed by atoms with Gasteiger partial charge in [-0.15, -0.1) is 0 Å². The van der Waals surface area contributed by atoms with Gasteiger partial charge < -0.3 is 9.80 Å². The number of hydrogen-bond acceptors (Lipinski definition) is 3. The molecule has 0 aliphatic carbocycles. The van der Waals surface area contributed by atoms with Gasteiger partial charge in [-0.05, 0) is 45.1 Å². The van der Waals surface area contributed by atoms with Gasteiger partial charge >= 0.3 is 0 Å². The molecule has 0 bridgehead atoms. The molecule has 0 saturated carbocycles. The minimum atomic E-state index is -0.620. The molecule has 0 unspecified atom stereocenters. The highest BCUT2D eigenvalue weighted by atomic mass is 79.9. The van der Waals surface area contributed by atoms with E-state index < -0.39 is 5.41 Å². The lowest BCUT2D eigenvalue weighted by Gasteiger charge is -2.48. The van der Waals surface area contributed by atoms with Crippen molar-refractivity contribution in [3.63, 3.8) is 0 Å². The zero-order valence-electron chi connectivity index (χ0n) is 17.5. The van der Waals surface area contributed by atoms with Crippen molar-refractivity contribution in [2.75, 3.05) is 29.9 Å². The molecule has 0 radical (unpaired) electrons. The molecule has 4 nitrogen and oxygen atoms in total. The summed E-state index contributed by atoms with van der Waals surface area (Å²) in [6.45, 7) is 7.80. The summed E-state index contributed by atoms with van der Waals surface area (Å²) >= 11 is 3.29. The third kappa shape index (κ3) is 2.62. The van der Waals surface area contributed by atoms with Crippen LogP contribution in [0.5, 0.6) is 0 Å². The van der Waals surface area contributed by atoms with Crippen LogP contribution in [0, 0.1) is 5.82 Å². The first-order chi connectivity index (χ1) is 14.1. The van der Waals surface area contributed by atoms with E-state index in [4.69, 9.17) is 0 Å². The number of nitrogens with zero attached hydrogens (tertiary/aromatic N) is 3. The summed E-state index contributed by atoms with van der Waals surface area (Å²) in [6, 6.07) is 11.8. The second-order valence-corrected chi connectivity index (χ2v) is 10.3. The Morgan fingerprint density at radius 1 is 1.13 bits per heavy atom. The predicted molar refractivity (Wildman–Crippen MR) is 122 cm³/mol. The summed E-state index contributed by atoms with van der Waals surface area (Å²) in [7, 11) is 1.79. The topological polar surface area (TPSA) is 36.4 Å². The average Bonchev–Trinajstić information content (AvgIpc) is 2.89. The van der Waals surface area contributed by atoms with Crippen molar-refractivity contribution in [3.8, 4) is 0 Å². The normalized spacial score (nSPS) is 17.6. The fraction of sp³-hybridized carbons (Fsp3) is 0.333. The number of likely N-dealkylation sites (N-methyl/N-ethyl adjacent to an activating group) is 1. The fourth-order valence-corrected chi connectivity index (χ4v) is 5.07. The number of rotatable bonds is 1. The molecule has 0 N–H and O–H groups in total. The van der Waals surface area contributed by atoms with Gasteiger partial charge in [-0.2, -0.15) is 0 Å². The third-order valence-corrected chi connectivity index (χ3v) is 7.07. The first kappa shape index (κ1) is 19.5. The lowest BCUT2D eigenvalue weighted by atomic mass is 9.73. The van der Waals surface area contributed by atoms with E-state index in [1.54, 1.807) is 24.2 Å². The van der Waals surface area contributed by atoms with E-state index in [2.05, 4.69) is 70.9 Å². The maximum Gasteiger partial charge on any atom is 0.241 e. The predicted octanol–water partition coefficient (Wildman–Crippen LogP) is 5.17. The van der Waals surface area contributed by atoms with Crippen LogP contribution in [0.25, 0.3) is 10.9 Å². The molecule has 1 amide bonds. The van der Waals surface area contributed by atoms with Gasteiger partial charge in [-0.3, -0.25) is 9.78 Å². The molecule has 1 aromatic heterocycles. The van der Waals surface area contributed by atoms with Crippen molar-refractivity contribution in [3.05, 3.63) is 64.0 Å². The van der Waals surface area contributed by atoms with Crippen LogP contribution < -0.4 is 9.80 Å². The zero-order valence-corrected chi connectivity index (χ0v) is 19.0. The summed E-state index contributed by atoms with van der Waals surface area (Å²) in [6.07, 6.45) is 1.69. The van der Waals surface area contributed by atoms with E-state index in [1.807, 2.05) is 0 Å². The van der Waals surface area contributed by atoms with Crippen molar-refractivity contribution in [1.82, 2.24) is 4.98 Å². The first-order valence-corrected chi connectivity index (χ1v) is 10.8. The minimum Gasteiger partial charge on any atom is -0.369 e. The molecular weight excluding hydrogens is 445 g/mol. The summed E-state index contributed by atoms with van der Waals surface area (Å²) in [5.74, 6) is -0.273. The average molecular weight is 468 g/mol. The van der Waals surface area contributed by atoms with Gasteiger partial charge in [0, 0.05) is 42.8 Å². The van der Waals surface area contributed by atoms with Crippen LogP contribution in [0.1, 0.15) is 31.9 Å². The van der Waals surface area contributed by atoms with Crippen molar-refractivity contribution in [2.24, 2.45) is 0 Å². The summed E-state index contributed by atoms with van der Waals surface area (Å²) < 4.78 is 14.5. The van der Waals surface area contributed by atoms with E-state index in [9.17, 15) is 9.18 Å². The number of benzene rings is 2. The van der Waals surface area contributed by atoms with Gasteiger partial charge in [0.25, 0.3) is 0 Å². The lowest BCUT2D eigenvalue weighted by molar-refractivity contribution is -0.123. The maximum absolute atomic E-state index is 14.1. The van der Waals surface area contributed by atoms with Gasteiger partial charge in [0.15, 0.2) is 0 Å². The number of aromatic nitrogens is 1. The van der Waals surface area contributed by atoms with Gasteiger partial charge in [0.2, 0.25) is 5.91 Å². The maximum atomic E-state index is 14.1. The van der Waals surface area contributed by atoms with Gasteiger partial charge in [-0.1, -0.05) is 32.9 Å². The number of pyridine rings is 1. The van der Waals surface area contributed by atoms with E-state index in [0.29, 0.717) is 23.1 Å². The Hall–Kier alpha value is -2.47. The Kier molecular flexibility index (Phi) is 4.07. The summed E-state index contributed by atoms with van der Waals surface area (Å²) in [5, 5.41) is 0.834. The second-order valence-electron chi connectivity index (χ2n) is 9.40. The molecule has 1 spiro atoms. The molecule has 5 rings (SSSR count). The van der Waals surface area contributed by atoms with Gasteiger partial charge in [-0.25, -0.2) is 4.39 Å². The lowest BCUT2D eigenvalue weighted by Crippen LogP contribution is -2.64. The van der Waals surface area contributed by atoms with Crippen LogP contribution in [0.15, 0.2) is 47.1 Å². The number of fused-ring (bicyclic) bond motifs is 4. The standard InChI is InChI=1S/C24H23BrFN3O/c1-23(2,3)14-5-7-15(8-6-14)29-12-24(13-29)21-16-9-17(25)18(26)10-19(16)27-11-20(21)28(4)22(24)30/h5-11H,12-13H2,1-4H3. The molecular formula is C24H23BrFN3O. The SMILES string of the molecule is CN1C(=O)C2(CN(c3ccc(C(C)(C)C)cc3)C2)c2c1cnc1cc(F)c(Br)cc21. The fourth-order valence-electron chi connectivity index (χ4n) is 4.72. The smallest absolute Gasteiger partial charge is 0.241 e. The second kappa shape index (κ2) is 6.27. The Labute approximate surface area is 183 Å². The molecule has 1 saturated heterocycles. The largest absolute Gasteiger partial charge is 0.369 e. The minimum absolute atomic E-state index is 0.0785.